The van der Waals surface area contributed by atoms with E-state index in [0.29, 0.717) is 0 Å². The number of pyridine rings is 2. The van der Waals surface area contributed by atoms with Crippen LogP contribution in [-0.4, -0.2) is 22.3 Å². The van der Waals surface area contributed by atoms with Crippen molar-refractivity contribution in [3.63, 3.8) is 0 Å². The smallest absolute Gasteiger partial charge is 0.256 e. The summed E-state index contributed by atoms with van der Waals surface area (Å²) in [5, 5.41) is 3.42. The maximum absolute atomic E-state index is 6.31. The van der Waals surface area contributed by atoms with Crippen LogP contribution in [-0.2, 0) is 0 Å². The molecule has 0 aliphatic carbocycles. The minimum atomic E-state index is -0.665. The number of hydrogen-bond donors (Lipinski definition) is 1. The number of ether oxygens (including phenoxy) is 2. The molecule has 0 radical (unpaired) electrons. The summed E-state index contributed by atoms with van der Waals surface area (Å²) in [6.45, 7) is 7.25. The van der Waals surface area contributed by atoms with E-state index >= 15 is 0 Å². The molecule has 0 unspecified atom stereocenters. The highest BCUT2D eigenvalue weighted by atomic mass is 16.7. The number of fused-ring (bicyclic) bond motifs is 1. The van der Waals surface area contributed by atoms with Gasteiger partial charge >= 0.3 is 0 Å². The fourth-order valence-corrected chi connectivity index (χ4v) is 3.51. The van der Waals surface area contributed by atoms with Gasteiger partial charge in [-0.05, 0) is 42.8 Å². The fourth-order valence-electron chi connectivity index (χ4n) is 3.51. The van der Waals surface area contributed by atoms with Crippen molar-refractivity contribution in [2.75, 3.05) is 11.9 Å². The van der Waals surface area contributed by atoms with Crippen LogP contribution in [0.15, 0.2) is 66.9 Å². The van der Waals surface area contributed by atoms with E-state index in [9.17, 15) is 0 Å². The second kappa shape index (κ2) is 7.74. The van der Waals surface area contributed by atoms with Gasteiger partial charge in [-0.2, -0.15) is 0 Å². The van der Waals surface area contributed by atoms with E-state index in [-0.39, 0.29) is 5.41 Å². The van der Waals surface area contributed by atoms with E-state index in [1.54, 1.807) is 6.20 Å². The summed E-state index contributed by atoms with van der Waals surface area (Å²) in [5.41, 5.74) is 1.57. The molecule has 0 fully saturated rings. The van der Waals surface area contributed by atoms with E-state index in [0.717, 1.165) is 48.1 Å². The highest BCUT2D eigenvalue weighted by Gasteiger charge is 2.50. The number of aromatic nitrogens is 2. The summed E-state index contributed by atoms with van der Waals surface area (Å²) < 4.78 is 12.6. The number of rotatable bonds is 6. The minimum absolute atomic E-state index is 0.164. The third-order valence-corrected chi connectivity index (χ3v) is 5.21. The zero-order chi connectivity index (χ0) is 20.3. The van der Waals surface area contributed by atoms with E-state index in [2.05, 4.69) is 36.1 Å². The van der Waals surface area contributed by atoms with E-state index in [4.69, 9.17) is 9.47 Å². The summed E-state index contributed by atoms with van der Waals surface area (Å²) >= 11 is 0. The molecule has 0 atom stereocenters. The van der Waals surface area contributed by atoms with Gasteiger partial charge in [-0.15, -0.1) is 0 Å². The summed E-state index contributed by atoms with van der Waals surface area (Å²) in [4.78, 5) is 9.05. The monoisotopic (exact) mass is 389 g/mol. The molecule has 3 aromatic rings. The van der Waals surface area contributed by atoms with Crippen LogP contribution >= 0.6 is 0 Å². The normalized spacial score (nSPS) is 14.6. The van der Waals surface area contributed by atoms with Gasteiger partial charge in [0.05, 0.1) is 11.4 Å². The Balaban J connectivity index is 1.39. The molecule has 0 amide bonds. The van der Waals surface area contributed by atoms with Crippen molar-refractivity contribution >= 4 is 5.82 Å². The Morgan fingerprint density at radius 3 is 2.21 bits per heavy atom. The molecule has 2 aromatic heterocycles. The number of nitrogens with zero attached hydrogens (tertiary/aromatic N) is 2. The number of hydrogen-bond acceptors (Lipinski definition) is 5. The lowest BCUT2D eigenvalue weighted by Gasteiger charge is -2.39. The number of para-hydroxylation sites is 2. The van der Waals surface area contributed by atoms with Gasteiger partial charge < -0.3 is 14.8 Å². The van der Waals surface area contributed by atoms with Crippen LogP contribution < -0.4 is 14.8 Å². The summed E-state index contributed by atoms with van der Waals surface area (Å²) in [6.07, 6.45) is 3.45. The van der Waals surface area contributed by atoms with Crippen molar-refractivity contribution in [2.45, 2.75) is 39.4 Å². The molecule has 0 spiro atoms. The van der Waals surface area contributed by atoms with E-state index in [1.807, 2.05) is 60.7 Å². The minimum Gasteiger partial charge on any atom is -0.448 e. The third-order valence-electron chi connectivity index (χ3n) is 5.21. The lowest BCUT2D eigenvalue weighted by Crippen LogP contribution is -2.50. The van der Waals surface area contributed by atoms with Crippen LogP contribution in [0.4, 0.5) is 5.82 Å². The summed E-state index contributed by atoms with van der Waals surface area (Å²) in [6, 6.07) is 19.7. The average Bonchev–Trinajstić information content (AvgIpc) is 3.12. The number of nitrogens with one attached hydrogen (secondary N) is 1. The molecule has 150 valence electrons. The first kappa shape index (κ1) is 19.2. The molecule has 3 heterocycles. The van der Waals surface area contributed by atoms with E-state index < -0.39 is 5.79 Å². The molecule has 5 nitrogen and oxygen atoms in total. The largest absolute Gasteiger partial charge is 0.448 e. The molecule has 5 heteroatoms. The zero-order valence-electron chi connectivity index (χ0n) is 17.2. The molecule has 0 saturated heterocycles. The van der Waals surface area contributed by atoms with E-state index in [1.165, 1.54) is 0 Å². The molecular formula is C24H27N3O2. The summed E-state index contributed by atoms with van der Waals surface area (Å²) in [5.74, 6) is 1.82. The summed E-state index contributed by atoms with van der Waals surface area (Å²) in [7, 11) is 0. The zero-order valence-corrected chi connectivity index (χ0v) is 17.2. The van der Waals surface area contributed by atoms with Crippen LogP contribution in [0.25, 0.3) is 11.4 Å². The van der Waals surface area contributed by atoms with Crippen LogP contribution in [0, 0.1) is 5.41 Å². The predicted octanol–water partition coefficient (Wildman–Crippen LogP) is 5.55. The van der Waals surface area contributed by atoms with Crippen molar-refractivity contribution in [3.05, 3.63) is 66.9 Å². The average molecular weight is 389 g/mol. The van der Waals surface area contributed by atoms with Gasteiger partial charge in [-0.25, -0.2) is 4.98 Å². The van der Waals surface area contributed by atoms with Crippen molar-refractivity contribution in [1.29, 1.82) is 0 Å². The number of anilines is 1. The Kier molecular flexibility index (Phi) is 5.14. The Morgan fingerprint density at radius 2 is 1.55 bits per heavy atom. The lowest BCUT2D eigenvalue weighted by atomic mass is 9.82. The fraction of sp³-hybridized carbons (Fsp3) is 0.333. The highest BCUT2D eigenvalue weighted by molar-refractivity contribution is 5.56. The SMILES string of the molecule is CC(C)(C)C1(CCCNc2cccc(-c3ccccn3)n2)Oc2ccccc2O1. The Morgan fingerprint density at radius 1 is 0.862 bits per heavy atom. The first-order chi connectivity index (χ1) is 14.0. The Hall–Kier alpha value is -3.08. The molecular weight excluding hydrogens is 362 g/mol. The second-order valence-electron chi connectivity index (χ2n) is 8.31. The predicted molar refractivity (Wildman–Crippen MR) is 115 cm³/mol. The lowest BCUT2D eigenvalue weighted by molar-refractivity contribution is -0.163. The standard InChI is InChI=1S/C24H27N3O2/c1-23(2,3)24(28-20-12-4-5-13-21(20)29-24)15-9-17-26-22-14-8-11-19(27-22)18-10-6-7-16-25-18/h4-8,10-14,16H,9,15,17H2,1-3H3,(H,26,27). The van der Waals surface area contributed by atoms with Gasteiger partial charge in [0.1, 0.15) is 5.82 Å². The van der Waals surface area contributed by atoms with Crippen molar-refractivity contribution < 1.29 is 9.47 Å². The second-order valence-corrected chi connectivity index (χ2v) is 8.31. The molecule has 1 aromatic carbocycles. The van der Waals surface area contributed by atoms with Gasteiger partial charge in [0.2, 0.25) is 0 Å². The molecule has 29 heavy (non-hydrogen) atoms. The van der Waals surface area contributed by atoms with Gasteiger partial charge in [0, 0.05) is 24.6 Å². The first-order valence-corrected chi connectivity index (χ1v) is 10.1. The van der Waals surface area contributed by atoms with Crippen LogP contribution in [0.5, 0.6) is 11.5 Å². The maximum atomic E-state index is 6.31. The van der Waals surface area contributed by atoms with Crippen molar-refractivity contribution in [3.8, 4) is 22.9 Å². The van der Waals surface area contributed by atoms with Crippen molar-refractivity contribution in [1.82, 2.24) is 9.97 Å². The topological polar surface area (TPSA) is 56.3 Å². The van der Waals surface area contributed by atoms with Crippen molar-refractivity contribution in [2.24, 2.45) is 5.41 Å². The van der Waals surface area contributed by atoms with Crippen LogP contribution in [0.1, 0.15) is 33.6 Å². The molecule has 0 saturated carbocycles. The molecule has 1 aliphatic heterocycles. The van der Waals surface area contributed by atoms with Gasteiger partial charge in [0.25, 0.3) is 5.79 Å². The highest BCUT2D eigenvalue weighted by Crippen LogP contribution is 2.48. The molecule has 0 bridgehead atoms. The van der Waals surface area contributed by atoms with Gasteiger partial charge in [-0.1, -0.05) is 45.0 Å². The first-order valence-electron chi connectivity index (χ1n) is 10.1. The van der Waals surface area contributed by atoms with Gasteiger partial charge in [0.15, 0.2) is 11.5 Å². The van der Waals surface area contributed by atoms with Gasteiger partial charge in [-0.3, -0.25) is 4.98 Å². The Bertz CT molecular complexity index is 942. The molecule has 1 aliphatic rings. The van der Waals surface area contributed by atoms with Crippen LogP contribution in [0.2, 0.25) is 0 Å². The quantitative estimate of drug-likeness (QED) is 0.560. The number of benzene rings is 1. The molecule has 1 N–H and O–H groups in total. The maximum Gasteiger partial charge on any atom is 0.256 e. The molecule has 4 rings (SSSR count). The Labute approximate surface area is 172 Å². The third kappa shape index (κ3) is 4.04. The van der Waals surface area contributed by atoms with Crippen LogP contribution in [0.3, 0.4) is 0 Å².